The number of hydrogen-bond donors (Lipinski definition) is 0. The number of alkyl halides is 3. The molecule has 3 aliphatic rings. The first-order valence-corrected chi connectivity index (χ1v) is 11.3. The van der Waals surface area contributed by atoms with Crippen molar-refractivity contribution in [3.63, 3.8) is 0 Å². The van der Waals surface area contributed by atoms with E-state index in [1.165, 1.54) is 6.07 Å². The number of likely N-dealkylation sites (tertiary alicyclic amines) is 1. The third kappa shape index (κ3) is 3.48. The summed E-state index contributed by atoms with van der Waals surface area (Å²) in [4.78, 5) is 20.9. The zero-order valence-corrected chi connectivity index (χ0v) is 18.4. The van der Waals surface area contributed by atoms with E-state index in [1.54, 1.807) is 12.1 Å². The van der Waals surface area contributed by atoms with Crippen molar-refractivity contribution in [3.05, 3.63) is 41.6 Å². The summed E-state index contributed by atoms with van der Waals surface area (Å²) in [6.07, 6.45) is -2.55. The second-order valence-corrected chi connectivity index (χ2v) is 9.63. The van der Waals surface area contributed by atoms with Crippen LogP contribution in [0.25, 0.3) is 10.9 Å². The fraction of sp³-hybridized carbons (Fsp3) is 0.583. The predicted octanol–water partition coefficient (Wildman–Crippen LogP) is 4.45. The van der Waals surface area contributed by atoms with Crippen LogP contribution in [0.3, 0.4) is 0 Å². The highest BCUT2D eigenvalue weighted by Gasteiger charge is 2.59. The number of aromatic nitrogens is 1. The maximum absolute atomic E-state index is 13.5. The number of carbonyl (C=O) groups excluding carboxylic acids is 1. The van der Waals surface area contributed by atoms with Gasteiger partial charge in [0.2, 0.25) is 5.91 Å². The fourth-order valence-electron chi connectivity index (χ4n) is 5.76. The van der Waals surface area contributed by atoms with Gasteiger partial charge in [0.25, 0.3) is 0 Å². The van der Waals surface area contributed by atoms with Crippen LogP contribution in [0.5, 0.6) is 0 Å². The molecule has 0 radical (unpaired) electrons. The molecule has 0 aliphatic carbocycles. The Morgan fingerprint density at radius 1 is 1.28 bits per heavy atom. The van der Waals surface area contributed by atoms with E-state index in [0.717, 1.165) is 11.8 Å². The van der Waals surface area contributed by atoms with Crippen LogP contribution >= 0.6 is 0 Å². The molecule has 2 aromatic rings. The van der Waals surface area contributed by atoms with Crippen molar-refractivity contribution in [2.45, 2.75) is 57.6 Å². The van der Waals surface area contributed by atoms with E-state index in [1.807, 2.05) is 17.0 Å². The smallest absolute Gasteiger partial charge is 0.353 e. The number of rotatable bonds is 3. The van der Waals surface area contributed by atoms with Crippen LogP contribution in [0.1, 0.15) is 44.4 Å². The van der Waals surface area contributed by atoms with Crippen LogP contribution in [-0.4, -0.2) is 52.2 Å². The Labute approximate surface area is 185 Å². The number of fused-ring (bicyclic) bond motifs is 1. The number of carbonyl (C=O) groups is 1. The number of nitrogens with zero attached hydrogens (tertiary/aromatic N) is 3. The Morgan fingerprint density at radius 3 is 2.81 bits per heavy atom. The van der Waals surface area contributed by atoms with Gasteiger partial charge in [-0.15, -0.1) is 0 Å². The van der Waals surface area contributed by atoms with Crippen molar-refractivity contribution >= 4 is 16.8 Å². The summed E-state index contributed by atoms with van der Waals surface area (Å²) < 4.78 is 46.7. The molecule has 3 saturated heterocycles. The van der Waals surface area contributed by atoms with Gasteiger partial charge in [-0.25, -0.2) is 4.98 Å². The summed E-state index contributed by atoms with van der Waals surface area (Å²) in [7, 11) is 0. The average Bonchev–Trinajstić information content (AvgIpc) is 3.15. The molecule has 172 valence electrons. The van der Waals surface area contributed by atoms with Gasteiger partial charge in [0.15, 0.2) is 0 Å². The lowest BCUT2D eigenvalue weighted by Gasteiger charge is -2.53. The zero-order chi connectivity index (χ0) is 22.7. The minimum atomic E-state index is -4.49. The van der Waals surface area contributed by atoms with Gasteiger partial charge in [-0.3, -0.25) is 9.69 Å². The lowest BCUT2D eigenvalue weighted by molar-refractivity contribution is -0.193. The third-order valence-electron chi connectivity index (χ3n) is 7.38. The van der Waals surface area contributed by atoms with Gasteiger partial charge in [-0.1, -0.05) is 32.0 Å². The van der Waals surface area contributed by atoms with Gasteiger partial charge in [-0.05, 0) is 30.0 Å². The number of para-hydroxylation sites is 1. The molecule has 5 rings (SSSR count). The minimum Gasteiger partial charge on any atom is -0.353 e. The second kappa shape index (κ2) is 7.70. The minimum absolute atomic E-state index is 0.0929. The van der Waals surface area contributed by atoms with E-state index in [0.29, 0.717) is 56.1 Å². The molecule has 0 bridgehead atoms. The number of halogens is 3. The molecule has 0 unspecified atom stereocenters. The van der Waals surface area contributed by atoms with E-state index in [9.17, 15) is 18.0 Å². The van der Waals surface area contributed by atoms with Crippen molar-refractivity contribution in [1.29, 1.82) is 0 Å². The molecule has 1 aromatic heterocycles. The van der Waals surface area contributed by atoms with Crippen LogP contribution in [0, 0.1) is 11.8 Å². The molecule has 4 heterocycles. The van der Waals surface area contributed by atoms with Crippen molar-refractivity contribution in [2.75, 3.05) is 19.7 Å². The largest absolute Gasteiger partial charge is 0.433 e. The summed E-state index contributed by atoms with van der Waals surface area (Å²) in [5.41, 5.74) is -0.416. The molecule has 1 amide bonds. The number of piperidine rings is 2. The topological polar surface area (TPSA) is 45.7 Å². The molecule has 0 saturated carbocycles. The molecular formula is C24H28F3N3O2. The molecule has 0 N–H and O–H groups in total. The summed E-state index contributed by atoms with van der Waals surface area (Å²) in [5, 5.41) is 0.748. The highest BCUT2D eigenvalue weighted by atomic mass is 19.4. The molecule has 5 nitrogen and oxygen atoms in total. The monoisotopic (exact) mass is 447 g/mol. The fourth-order valence-corrected chi connectivity index (χ4v) is 5.76. The number of benzene rings is 1. The second-order valence-electron chi connectivity index (χ2n) is 9.63. The van der Waals surface area contributed by atoms with Crippen LogP contribution in [0.4, 0.5) is 13.2 Å². The van der Waals surface area contributed by atoms with Gasteiger partial charge >= 0.3 is 6.18 Å². The lowest BCUT2D eigenvalue weighted by Crippen LogP contribution is -2.65. The van der Waals surface area contributed by atoms with E-state index in [2.05, 4.69) is 23.7 Å². The number of hydrogen-bond acceptors (Lipinski definition) is 4. The van der Waals surface area contributed by atoms with Gasteiger partial charge in [-0.2, -0.15) is 13.2 Å². The summed E-state index contributed by atoms with van der Waals surface area (Å²) >= 11 is 0. The van der Waals surface area contributed by atoms with Crippen LogP contribution in [0.2, 0.25) is 0 Å². The SMILES string of the molecule is CC(C)[C@H]1CO[C@]23CCN(Cc4cc(C(F)(F)F)nc5ccccc45)C[C@H]2CCC(=O)N13. The van der Waals surface area contributed by atoms with E-state index in [4.69, 9.17) is 4.74 Å². The summed E-state index contributed by atoms with van der Waals surface area (Å²) in [6, 6.07) is 8.27. The lowest BCUT2D eigenvalue weighted by atomic mass is 9.79. The molecule has 32 heavy (non-hydrogen) atoms. The van der Waals surface area contributed by atoms with Crippen LogP contribution in [-0.2, 0) is 22.3 Å². The highest BCUT2D eigenvalue weighted by Crippen LogP contribution is 2.47. The molecular weight excluding hydrogens is 419 g/mol. The maximum Gasteiger partial charge on any atom is 0.433 e. The Morgan fingerprint density at radius 2 is 2.06 bits per heavy atom. The quantitative estimate of drug-likeness (QED) is 0.698. The van der Waals surface area contributed by atoms with E-state index < -0.39 is 17.6 Å². The van der Waals surface area contributed by atoms with Gasteiger partial charge in [0.1, 0.15) is 11.4 Å². The molecule has 1 aromatic carbocycles. The van der Waals surface area contributed by atoms with Crippen molar-refractivity contribution in [3.8, 4) is 0 Å². The standard InChI is InChI=1S/C24H28F3N3O2/c1-15(2)20-14-32-23-9-10-29(13-17(23)7-8-22(31)30(20)23)12-16-11-21(24(25,26)27)28-19-6-4-3-5-18(16)19/h3-6,11,15,17,20H,7-10,12-14H2,1-2H3/t17-,20-,23-/m1/s1. The first kappa shape index (κ1) is 21.6. The van der Waals surface area contributed by atoms with Gasteiger partial charge in [0.05, 0.1) is 18.2 Å². The van der Waals surface area contributed by atoms with Crippen molar-refractivity contribution < 1.29 is 22.7 Å². The molecule has 3 aliphatic heterocycles. The van der Waals surface area contributed by atoms with Crippen LogP contribution < -0.4 is 0 Å². The van der Waals surface area contributed by atoms with Gasteiger partial charge < -0.3 is 9.64 Å². The predicted molar refractivity (Wildman–Crippen MR) is 114 cm³/mol. The Kier molecular flexibility index (Phi) is 5.21. The molecule has 3 atom stereocenters. The van der Waals surface area contributed by atoms with Crippen molar-refractivity contribution in [1.82, 2.24) is 14.8 Å². The van der Waals surface area contributed by atoms with Crippen molar-refractivity contribution in [2.24, 2.45) is 11.8 Å². The highest BCUT2D eigenvalue weighted by molar-refractivity contribution is 5.82. The summed E-state index contributed by atoms with van der Waals surface area (Å²) in [5.74, 6) is 0.646. The maximum atomic E-state index is 13.5. The van der Waals surface area contributed by atoms with E-state index >= 15 is 0 Å². The zero-order valence-electron chi connectivity index (χ0n) is 18.4. The Bertz CT molecular complexity index is 1040. The van der Waals surface area contributed by atoms with Crippen LogP contribution in [0.15, 0.2) is 30.3 Å². The molecule has 8 heteroatoms. The molecule has 3 fully saturated rings. The third-order valence-corrected chi connectivity index (χ3v) is 7.38. The first-order chi connectivity index (χ1) is 15.2. The van der Waals surface area contributed by atoms with Gasteiger partial charge in [0, 0.05) is 43.8 Å². The van der Waals surface area contributed by atoms with E-state index in [-0.39, 0.29) is 17.9 Å². The Balaban J connectivity index is 1.42. The number of amides is 1. The number of pyridine rings is 1. The average molecular weight is 448 g/mol. The normalized spacial score (nSPS) is 28.9. The Hall–Kier alpha value is -2.19. The molecule has 1 spiro atoms. The number of ether oxygens (including phenoxy) is 1. The summed E-state index contributed by atoms with van der Waals surface area (Å²) in [6.45, 7) is 6.58. The first-order valence-electron chi connectivity index (χ1n) is 11.3.